The van der Waals surface area contributed by atoms with Crippen molar-refractivity contribution in [2.45, 2.75) is 0 Å². The summed E-state index contributed by atoms with van der Waals surface area (Å²) in [6, 6.07) is 8.21. The summed E-state index contributed by atoms with van der Waals surface area (Å²) in [4.78, 5) is 21.6. The predicted octanol–water partition coefficient (Wildman–Crippen LogP) is 2.24. The van der Waals surface area contributed by atoms with Gasteiger partial charge in [0.05, 0.1) is 27.1 Å². The van der Waals surface area contributed by atoms with Crippen molar-refractivity contribution in [3.8, 4) is 5.69 Å². The average molecular weight is 380 g/mol. The Morgan fingerprint density at radius 3 is 2.30 bits per heavy atom. The largest absolute Gasteiger partial charge is 0.692 e. The zero-order valence-corrected chi connectivity index (χ0v) is 12.7. The maximum atomic E-state index is 12.3. The Balaban J connectivity index is 2.33. The maximum Gasteiger partial charge on any atom is 0.334 e. The molecule has 0 N–H and O–H groups in total. The van der Waals surface area contributed by atoms with Gasteiger partial charge in [0.2, 0.25) is 5.52 Å². The summed E-state index contributed by atoms with van der Waals surface area (Å²) in [5.41, 5.74) is -1.28. The highest BCUT2D eigenvalue weighted by Crippen LogP contribution is 2.28. The molecule has 0 saturated heterocycles. The highest BCUT2D eigenvalue weighted by atomic mass is 79.9. The van der Waals surface area contributed by atoms with E-state index in [0.29, 0.717) is 5.69 Å². The second kappa shape index (κ2) is 5.28. The lowest BCUT2D eigenvalue weighted by Crippen LogP contribution is -2.37. The quantitative estimate of drug-likeness (QED) is 0.296. The lowest BCUT2D eigenvalue weighted by atomic mass is 10.2. The highest BCUT2D eigenvalue weighted by molar-refractivity contribution is 9.10. The molecule has 11 heteroatoms. The van der Waals surface area contributed by atoms with Crippen molar-refractivity contribution >= 4 is 38.3 Å². The number of aromatic nitrogens is 3. The molecule has 0 bridgehead atoms. The number of fused-ring (bicyclic) bond motifs is 1. The monoisotopic (exact) mass is 379 g/mol. The van der Waals surface area contributed by atoms with Gasteiger partial charge in [-0.05, 0) is 29.1 Å². The summed E-state index contributed by atoms with van der Waals surface area (Å²) >= 11 is 3.25. The standard InChI is InChI=1S/C12H6BrN5O5/c13-7-1-3-8(4-2-7)15-14-12-10(16(15)19)5-9(17(20)21)6-11(12)18(22)23/h1-6H. The molecule has 0 atom stereocenters. The molecule has 3 rings (SSSR count). The van der Waals surface area contributed by atoms with Crippen LogP contribution in [0.2, 0.25) is 0 Å². The molecule has 0 unspecified atom stereocenters. The number of nitro groups is 2. The van der Waals surface area contributed by atoms with Crippen molar-refractivity contribution in [3.05, 3.63) is 66.3 Å². The van der Waals surface area contributed by atoms with E-state index in [1.54, 1.807) is 24.3 Å². The van der Waals surface area contributed by atoms with E-state index < -0.39 is 21.2 Å². The first-order valence-electron chi connectivity index (χ1n) is 6.10. The summed E-state index contributed by atoms with van der Waals surface area (Å²) in [5.74, 6) is 0. The number of nitro benzene ring substituents is 2. The fourth-order valence-electron chi connectivity index (χ4n) is 2.06. The Bertz CT molecular complexity index is 953. The van der Waals surface area contributed by atoms with Gasteiger partial charge in [0.15, 0.2) is 0 Å². The average Bonchev–Trinajstić information content (AvgIpc) is 2.84. The highest BCUT2D eigenvalue weighted by Gasteiger charge is 2.30. The van der Waals surface area contributed by atoms with Crippen LogP contribution in [-0.4, -0.2) is 19.7 Å². The molecule has 0 fully saturated rings. The second-order valence-corrected chi connectivity index (χ2v) is 5.40. The number of hydrogen-bond donors (Lipinski definition) is 0. The molecule has 10 nitrogen and oxygen atoms in total. The van der Waals surface area contributed by atoms with Crippen molar-refractivity contribution in [2.24, 2.45) is 0 Å². The van der Waals surface area contributed by atoms with Crippen LogP contribution in [0.5, 0.6) is 0 Å². The van der Waals surface area contributed by atoms with E-state index in [1.165, 1.54) is 0 Å². The minimum absolute atomic E-state index is 0.224. The van der Waals surface area contributed by atoms with Gasteiger partial charge >= 0.3 is 11.2 Å². The molecule has 0 aliphatic heterocycles. The van der Waals surface area contributed by atoms with Gasteiger partial charge in [0.1, 0.15) is 5.69 Å². The second-order valence-electron chi connectivity index (χ2n) is 4.49. The van der Waals surface area contributed by atoms with Gasteiger partial charge in [-0.25, -0.2) is 0 Å². The van der Waals surface area contributed by atoms with Crippen LogP contribution < -0.4 is 4.85 Å². The van der Waals surface area contributed by atoms with Crippen molar-refractivity contribution in [1.29, 1.82) is 0 Å². The van der Waals surface area contributed by atoms with Gasteiger partial charge < -0.3 is 5.21 Å². The number of halogens is 1. The van der Waals surface area contributed by atoms with Gasteiger partial charge in [-0.15, -0.1) is 4.85 Å². The van der Waals surface area contributed by atoms with Crippen LogP contribution in [0.1, 0.15) is 0 Å². The Hall–Kier alpha value is -3.08. The minimum atomic E-state index is -0.811. The number of hydrogen-bond acceptors (Lipinski definition) is 6. The number of non-ortho nitro benzene ring substituents is 2. The molecule has 0 aliphatic carbocycles. The van der Waals surface area contributed by atoms with Crippen molar-refractivity contribution in [3.63, 3.8) is 0 Å². The van der Waals surface area contributed by atoms with E-state index in [2.05, 4.69) is 21.0 Å². The molecule has 2 aromatic carbocycles. The maximum absolute atomic E-state index is 12.3. The first-order chi connectivity index (χ1) is 10.9. The Morgan fingerprint density at radius 1 is 1.09 bits per heavy atom. The molecule has 0 amide bonds. The van der Waals surface area contributed by atoms with E-state index in [0.717, 1.165) is 21.4 Å². The Labute approximate surface area is 135 Å². The molecule has 1 aromatic heterocycles. The third-order valence-corrected chi connectivity index (χ3v) is 3.62. The van der Waals surface area contributed by atoms with Crippen molar-refractivity contribution in [1.82, 2.24) is 9.90 Å². The molecule has 116 valence electrons. The third-order valence-electron chi connectivity index (χ3n) is 3.09. The van der Waals surface area contributed by atoms with E-state index in [4.69, 9.17) is 0 Å². The first-order valence-corrected chi connectivity index (χ1v) is 6.89. The van der Waals surface area contributed by atoms with Gasteiger partial charge in [-0.1, -0.05) is 15.9 Å². The Morgan fingerprint density at radius 2 is 1.74 bits per heavy atom. The van der Waals surface area contributed by atoms with Gasteiger partial charge in [-0.3, -0.25) is 20.2 Å². The lowest BCUT2D eigenvalue weighted by Gasteiger charge is -2.03. The summed E-state index contributed by atoms with van der Waals surface area (Å²) in [5, 5.41) is 38.2. The molecular weight excluding hydrogens is 374 g/mol. The smallest absolute Gasteiger partial charge is 0.334 e. The molecule has 0 spiro atoms. The SMILES string of the molecule is O=[N+]([O-])c1cc([N+](=O)[O-])c2nn(-c3ccc(Br)cc3)[n+]([O-])c2c1. The number of nitrogens with zero attached hydrogens (tertiary/aromatic N) is 5. The summed E-state index contributed by atoms with van der Waals surface area (Å²) in [6.45, 7) is 0. The number of rotatable bonds is 3. The zero-order chi connectivity index (χ0) is 16.7. The number of benzene rings is 2. The van der Waals surface area contributed by atoms with Crippen LogP contribution in [0.25, 0.3) is 16.7 Å². The van der Waals surface area contributed by atoms with E-state index in [9.17, 15) is 25.4 Å². The van der Waals surface area contributed by atoms with Crippen LogP contribution in [0.4, 0.5) is 11.4 Å². The lowest BCUT2D eigenvalue weighted by molar-refractivity contribution is -0.664. The summed E-state index contributed by atoms with van der Waals surface area (Å²) < 4.78 is 0.775. The third kappa shape index (κ3) is 2.46. The fourth-order valence-corrected chi connectivity index (χ4v) is 2.32. The van der Waals surface area contributed by atoms with Gasteiger partial charge in [-0.2, -0.15) is 0 Å². The minimum Gasteiger partial charge on any atom is -0.692 e. The fraction of sp³-hybridized carbons (Fsp3) is 0. The molecule has 0 aliphatic rings. The predicted molar refractivity (Wildman–Crippen MR) is 81.0 cm³/mol. The van der Waals surface area contributed by atoms with Gasteiger partial charge in [0.25, 0.3) is 5.69 Å². The molecule has 23 heavy (non-hydrogen) atoms. The molecule has 0 radical (unpaired) electrons. The summed E-state index contributed by atoms with van der Waals surface area (Å²) in [7, 11) is 0. The van der Waals surface area contributed by atoms with Crippen LogP contribution in [0.15, 0.2) is 40.9 Å². The molecule has 0 saturated carbocycles. The van der Waals surface area contributed by atoms with Crippen LogP contribution in [0, 0.1) is 25.4 Å². The zero-order valence-electron chi connectivity index (χ0n) is 11.1. The van der Waals surface area contributed by atoms with Gasteiger partial charge in [0, 0.05) is 4.47 Å². The van der Waals surface area contributed by atoms with Crippen molar-refractivity contribution < 1.29 is 14.7 Å². The van der Waals surface area contributed by atoms with Crippen molar-refractivity contribution in [2.75, 3.05) is 0 Å². The topological polar surface area (TPSA) is 131 Å². The first kappa shape index (κ1) is 14.8. The van der Waals surface area contributed by atoms with E-state index >= 15 is 0 Å². The van der Waals surface area contributed by atoms with Crippen LogP contribution in [-0.2, 0) is 0 Å². The normalized spacial score (nSPS) is 10.8. The van der Waals surface area contributed by atoms with Crippen LogP contribution >= 0.6 is 15.9 Å². The Kier molecular flexibility index (Phi) is 3.41. The molecule has 1 heterocycles. The van der Waals surface area contributed by atoms with E-state index in [1.807, 2.05) is 0 Å². The van der Waals surface area contributed by atoms with E-state index in [-0.39, 0.29) is 15.9 Å². The summed E-state index contributed by atoms with van der Waals surface area (Å²) in [6.07, 6.45) is 0. The molecular formula is C12H6BrN5O5. The molecule has 3 aromatic rings. The van der Waals surface area contributed by atoms with Crippen LogP contribution in [0.3, 0.4) is 0 Å².